The van der Waals surface area contributed by atoms with Crippen LogP contribution in [0.15, 0.2) is 29.1 Å². The molecule has 0 saturated carbocycles. The molecular formula is C23H27N5O3S. The molecule has 1 aliphatic carbocycles. The van der Waals surface area contributed by atoms with Crippen LogP contribution in [0.25, 0.3) is 4.96 Å². The van der Waals surface area contributed by atoms with E-state index in [0.29, 0.717) is 11.5 Å². The standard InChI is InChI=1S/C23H27N5O3S/c1-31-17-6-4-5-15(13-17)14-24-20(29)16-9-11-27(12-10-16)23-26-28-21(30)18-7-2-3-8-19(18)25-22(28)32-23/h4-6,13,16H,2-3,7-12,14H2,1H3,(H,24,29). The van der Waals surface area contributed by atoms with Crippen molar-refractivity contribution in [2.75, 3.05) is 25.1 Å². The second-order valence-corrected chi connectivity index (χ2v) is 9.39. The van der Waals surface area contributed by atoms with Gasteiger partial charge >= 0.3 is 0 Å². The number of fused-ring (bicyclic) bond motifs is 2. The molecule has 3 heterocycles. The smallest absolute Gasteiger partial charge is 0.278 e. The molecule has 0 radical (unpaired) electrons. The molecule has 168 valence electrons. The van der Waals surface area contributed by atoms with Gasteiger partial charge in [-0.3, -0.25) is 9.59 Å². The maximum atomic E-state index is 12.8. The lowest BCUT2D eigenvalue weighted by molar-refractivity contribution is -0.125. The van der Waals surface area contributed by atoms with Gasteiger partial charge in [-0.25, -0.2) is 4.98 Å². The van der Waals surface area contributed by atoms with Gasteiger partial charge in [0, 0.05) is 31.1 Å². The number of amides is 1. The Morgan fingerprint density at radius 3 is 2.88 bits per heavy atom. The van der Waals surface area contributed by atoms with Crippen molar-refractivity contribution in [3.63, 3.8) is 0 Å². The van der Waals surface area contributed by atoms with Crippen molar-refractivity contribution < 1.29 is 9.53 Å². The number of benzene rings is 1. The quantitative estimate of drug-likeness (QED) is 0.639. The first kappa shape index (κ1) is 20.9. The monoisotopic (exact) mass is 453 g/mol. The molecule has 1 N–H and O–H groups in total. The van der Waals surface area contributed by atoms with Gasteiger partial charge in [0.05, 0.1) is 12.8 Å². The molecule has 1 amide bonds. The predicted molar refractivity (Wildman–Crippen MR) is 124 cm³/mol. The summed E-state index contributed by atoms with van der Waals surface area (Å²) in [5.74, 6) is 0.858. The minimum absolute atomic E-state index is 0.0144. The molecule has 2 aliphatic rings. The highest BCUT2D eigenvalue weighted by molar-refractivity contribution is 7.20. The Morgan fingerprint density at radius 2 is 2.06 bits per heavy atom. The topological polar surface area (TPSA) is 88.8 Å². The summed E-state index contributed by atoms with van der Waals surface area (Å²) in [6, 6.07) is 7.73. The largest absolute Gasteiger partial charge is 0.497 e. The first-order valence-electron chi connectivity index (χ1n) is 11.2. The summed E-state index contributed by atoms with van der Waals surface area (Å²) in [6.45, 7) is 1.98. The highest BCUT2D eigenvalue weighted by atomic mass is 32.1. The number of hydrogen-bond donors (Lipinski definition) is 1. The summed E-state index contributed by atoms with van der Waals surface area (Å²) in [4.78, 5) is 33.1. The van der Waals surface area contributed by atoms with E-state index in [0.717, 1.165) is 79.3 Å². The maximum Gasteiger partial charge on any atom is 0.278 e. The van der Waals surface area contributed by atoms with Crippen LogP contribution in [0.2, 0.25) is 0 Å². The van der Waals surface area contributed by atoms with Gasteiger partial charge in [0.25, 0.3) is 5.56 Å². The third-order valence-corrected chi connectivity index (χ3v) is 7.38. The van der Waals surface area contributed by atoms with Crippen LogP contribution >= 0.6 is 11.3 Å². The molecule has 9 heteroatoms. The van der Waals surface area contributed by atoms with Crippen molar-refractivity contribution in [2.45, 2.75) is 45.1 Å². The summed E-state index contributed by atoms with van der Waals surface area (Å²) in [6.07, 6.45) is 5.34. The Hall–Kier alpha value is -2.94. The van der Waals surface area contributed by atoms with E-state index in [2.05, 4.69) is 15.3 Å². The van der Waals surface area contributed by atoms with Gasteiger partial charge in [-0.05, 0) is 56.2 Å². The van der Waals surface area contributed by atoms with Crippen LogP contribution in [0.3, 0.4) is 0 Å². The Kier molecular flexibility index (Phi) is 5.82. The number of nitrogens with zero attached hydrogens (tertiary/aromatic N) is 4. The number of rotatable bonds is 5. The maximum absolute atomic E-state index is 12.8. The highest BCUT2D eigenvalue weighted by Gasteiger charge is 2.27. The third-order valence-electron chi connectivity index (χ3n) is 6.41. The van der Waals surface area contributed by atoms with E-state index in [1.165, 1.54) is 15.9 Å². The van der Waals surface area contributed by atoms with E-state index in [1.807, 2.05) is 24.3 Å². The van der Waals surface area contributed by atoms with Crippen LogP contribution in [-0.4, -0.2) is 40.7 Å². The number of carbonyl (C=O) groups excluding carboxylic acids is 1. The van der Waals surface area contributed by atoms with Gasteiger partial charge in [-0.15, -0.1) is 5.10 Å². The fourth-order valence-electron chi connectivity index (χ4n) is 4.54. The highest BCUT2D eigenvalue weighted by Crippen LogP contribution is 2.28. The number of piperidine rings is 1. The molecule has 1 aromatic carbocycles. The average molecular weight is 454 g/mol. The number of ether oxygens (including phenoxy) is 1. The van der Waals surface area contributed by atoms with Crippen molar-refractivity contribution in [2.24, 2.45) is 5.92 Å². The molecule has 1 saturated heterocycles. The van der Waals surface area contributed by atoms with Crippen LogP contribution in [0.1, 0.15) is 42.5 Å². The second-order valence-electron chi connectivity index (χ2n) is 8.46. The van der Waals surface area contributed by atoms with Crippen molar-refractivity contribution in [3.05, 3.63) is 51.4 Å². The zero-order chi connectivity index (χ0) is 22.1. The number of hydrogen-bond acceptors (Lipinski definition) is 7. The second kappa shape index (κ2) is 8.90. The molecule has 1 fully saturated rings. The van der Waals surface area contributed by atoms with Crippen molar-refractivity contribution >= 4 is 27.3 Å². The fourth-order valence-corrected chi connectivity index (χ4v) is 5.50. The number of aryl methyl sites for hydroxylation is 1. The molecule has 0 bridgehead atoms. The minimum Gasteiger partial charge on any atom is -0.497 e. The summed E-state index contributed by atoms with van der Waals surface area (Å²) in [7, 11) is 1.64. The van der Waals surface area contributed by atoms with Crippen LogP contribution in [-0.2, 0) is 24.2 Å². The van der Waals surface area contributed by atoms with Gasteiger partial charge in [0.2, 0.25) is 16.0 Å². The van der Waals surface area contributed by atoms with E-state index in [1.54, 1.807) is 7.11 Å². The van der Waals surface area contributed by atoms with Gasteiger partial charge in [-0.2, -0.15) is 4.52 Å². The lowest BCUT2D eigenvalue weighted by atomic mass is 9.96. The van der Waals surface area contributed by atoms with E-state index in [4.69, 9.17) is 9.72 Å². The molecule has 3 aromatic rings. The number of anilines is 1. The lowest BCUT2D eigenvalue weighted by Gasteiger charge is -2.30. The predicted octanol–water partition coefficient (Wildman–Crippen LogP) is 2.57. The first-order valence-corrected chi connectivity index (χ1v) is 12.0. The summed E-state index contributed by atoms with van der Waals surface area (Å²) in [5.41, 5.74) is 2.78. The molecule has 32 heavy (non-hydrogen) atoms. The fraction of sp³-hybridized carbons (Fsp3) is 0.478. The number of aromatic nitrogens is 3. The zero-order valence-electron chi connectivity index (χ0n) is 18.2. The molecule has 0 spiro atoms. The SMILES string of the molecule is COc1cccc(CNC(=O)C2CCN(c3nn4c(=O)c5c(nc4s3)CCCC5)CC2)c1. The lowest BCUT2D eigenvalue weighted by Crippen LogP contribution is -2.40. The third kappa shape index (κ3) is 4.09. The summed E-state index contributed by atoms with van der Waals surface area (Å²) in [5, 5.41) is 8.45. The number of nitrogens with one attached hydrogen (secondary N) is 1. The van der Waals surface area contributed by atoms with Crippen LogP contribution < -0.4 is 20.5 Å². The van der Waals surface area contributed by atoms with Gasteiger partial charge < -0.3 is 15.0 Å². The average Bonchev–Trinajstić information content (AvgIpc) is 3.27. The Labute approximate surface area is 190 Å². The zero-order valence-corrected chi connectivity index (χ0v) is 19.0. The van der Waals surface area contributed by atoms with E-state index < -0.39 is 0 Å². The normalized spacial score (nSPS) is 16.7. The molecule has 5 rings (SSSR count). The van der Waals surface area contributed by atoms with Crippen LogP contribution in [0.4, 0.5) is 5.13 Å². The molecule has 2 aromatic heterocycles. The minimum atomic E-state index is -0.0148. The molecular weight excluding hydrogens is 426 g/mol. The molecule has 0 atom stereocenters. The number of carbonyl (C=O) groups is 1. The van der Waals surface area contributed by atoms with Crippen LogP contribution in [0, 0.1) is 5.92 Å². The van der Waals surface area contributed by atoms with E-state index >= 15 is 0 Å². The van der Waals surface area contributed by atoms with E-state index in [9.17, 15) is 9.59 Å². The van der Waals surface area contributed by atoms with Gasteiger partial charge in [0.1, 0.15) is 5.75 Å². The summed E-state index contributed by atoms with van der Waals surface area (Å²) < 4.78 is 6.71. The van der Waals surface area contributed by atoms with Crippen molar-refractivity contribution in [3.8, 4) is 5.75 Å². The Morgan fingerprint density at radius 1 is 1.25 bits per heavy atom. The van der Waals surface area contributed by atoms with Gasteiger partial charge in [-0.1, -0.05) is 23.5 Å². The van der Waals surface area contributed by atoms with Crippen LogP contribution in [0.5, 0.6) is 5.75 Å². The van der Waals surface area contributed by atoms with E-state index in [-0.39, 0.29) is 17.4 Å². The first-order chi connectivity index (χ1) is 15.6. The molecule has 1 aliphatic heterocycles. The number of methoxy groups -OCH3 is 1. The Bertz CT molecular complexity index is 1200. The van der Waals surface area contributed by atoms with Crippen molar-refractivity contribution in [1.82, 2.24) is 19.9 Å². The molecule has 8 nitrogen and oxygen atoms in total. The molecule has 0 unspecified atom stereocenters. The Balaban J connectivity index is 1.21. The van der Waals surface area contributed by atoms with Gasteiger partial charge in [0.15, 0.2) is 0 Å². The van der Waals surface area contributed by atoms with Crippen molar-refractivity contribution in [1.29, 1.82) is 0 Å². The summed E-state index contributed by atoms with van der Waals surface area (Å²) >= 11 is 1.47.